The van der Waals surface area contributed by atoms with Gasteiger partial charge in [0.05, 0.1) is 25.8 Å². The van der Waals surface area contributed by atoms with Gasteiger partial charge in [0.2, 0.25) is 5.91 Å². The summed E-state index contributed by atoms with van der Waals surface area (Å²) >= 11 is 0. The van der Waals surface area contributed by atoms with Crippen molar-refractivity contribution in [2.75, 3.05) is 26.4 Å². The fraction of sp³-hybridized carbons (Fsp3) is 0.500. The predicted octanol–water partition coefficient (Wildman–Crippen LogP) is 2.41. The van der Waals surface area contributed by atoms with E-state index in [1.165, 1.54) is 5.69 Å². The van der Waals surface area contributed by atoms with Crippen LogP contribution < -0.4 is 0 Å². The predicted molar refractivity (Wildman–Crippen MR) is 96.3 cm³/mol. The fourth-order valence-electron chi connectivity index (χ4n) is 3.82. The van der Waals surface area contributed by atoms with Crippen molar-refractivity contribution < 1.29 is 14.3 Å². The van der Waals surface area contributed by atoms with Crippen molar-refractivity contribution >= 4 is 5.91 Å². The first-order valence-electron chi connectivity index (χ1n) is 9.30. The Labute approximate surface area is 153 Å². The lowest BCUT2D eigenvalue weighted by Crippen LogP contribution is -2.45. The van der Waals surface area contributed by atoms with Crippen LogP contribution in [0.15, 0.2) is 42.9 Å². The maximum absolute atomic E-state index is 12.9. The number of rotatable bonds is 5. The highest BCUT2D eigenvalue weighted by atomic mass is 16.5. The van der Waals surface area contributed by atoms with E-state index in [9.17, 15) is 4.79 Å². The van der Waals surface area contributed by atoms with Crippen LogP contribution in [-0.4, -0.2) is 46.7 Å². The van der Waals surface area contributed by atoms with E-state index in [1.807, 2.05) is 23.1 Å². The molecule has 1 fully saturated rings. The Kier molecular flexibility index (Phi) is 5.32. The number of hydrogen-bond donors (Lipinski definition) is 0. The van der Waals surface area contributed by atoms with E-state index in [4.69, 9.17) is 9.47 Å². The molecule has 0 aliphatic carbocycles. The van der Waals surface area contributed by atoms with Gasteiger partial charge in [0, 0.05) is 50.0 Å². The summed E-state index contributed by atoms with van der Waals surface area (Å²) in [5.41, 5.74) is 2.29. The SMILES string of the molecule is O=C(C1CCOCC1)N1Cc2cccn2C(COCc2ccncc2)C1. The number of nitrogens with zero attached hydrogens (tertiary/aromatic N) is 3. The van der Waals surface area contributed by atoms with Gasteiger partial charge in [-0.1, -0.05) is 0 Å². The van der Waals surface area contributed by atoms with Crippen molar-refractivity contribution in [2.24, 2.45) is 5.92 Å². The minimum absolute atomic E-state index is 0.101. The summed E-state index contributed by atoms with van der Waals surface area (Å²) < 4.78 is 13.6. The first kappa shape index (κ1) is 17.2. The molecule has 1 saturated heterocycles. The van der Waals surface area contributed by atoms with Crippen LogP contribution in [0.5, 0.6) is 0 Å². The Morgan fingerprint density at radius 3 is 2.85 bits per heavy atom. The van der Waals surface area contributed by atoms with Gasteiger partial charge in [-0.25, -0.2) is 0 Å². The van der Waals surface area contributed by atoms with Gasteiger partial charge in [0.1, 0.15) is 0 Å². The van der Waals surface area contributed by atoms with Crippen molar-refractivity contribution in [2.45, 2.75) is 32.0 Å². The summed E-state index contributed by atoms with van der Waals surface area (Å²) in [4.78, 5) is 19.0. The van der Waals surface area contributed by atoms with E-state index in [1.54, 1.807) is 12.4 Å². The molecule has 26 heavy (non-hydrogen) atoms. The summed E-state index contributed by atoms with van der Waals surface area (Å²) in [6, 6.07) is 8.22. The third-order valence-corrected chi connectivity index (χ3v) is 5.25. The molecule has 138 valence electrons. The molecular formula is C20H25N3O3. The van der Waals surface area contributed by atoms with Crippen LogP contribution in [0.1, 0.15) is 30.1 Å². The van der Waals surface area contributed by atoms with Crippen molar-refractivity contribution in [1.29, 1.82) is 0 Å². The number of hydrogen-bond acceptors (Lipinski definition) is 4. The number of pyridine rings is 1. The number of carbonyl (C=O) groups is 1. The van der Waals surface area contributed by atoms with E-state index in [-0.39, 0.29) is 17.9 Å². The maximum atomic E-state index is 12.9. The van der Waals surface area contributed by atoms with Gasteiger partial charge in [-0.2, -0.15) is 0 Å². The highest BCUT2D eigenvalue weighted by Gasteiger charge is 2.32. The average Bonchev–Trinajstić information content (AvgIpc) is 3.18. The fourth-order valence-corrected chi connectivity index (χ4v) is 3.82. The molecule has 1 unspecified atom stereocenters. The summed E-state index contributed by atoms with van der Waals surface area (Å²) in [5.74, 6) is 0.364. The molecule has 0 saturated carbocycles. The third kappa shape index (κ3) is 3.81. The van der Waals surface area contributed by atoms with Crippen LogP contribution >= 0.6 is 0 Å². The molecule has 2 aromatic rings. The minimum atomic E-state index is 0.101. The smallest absolute Gasteiger partial charge is 0.226 e. The molecule has 1 amide bonds. The Morgan fingerprint density at radius 2 is 2.04 bits per heavy atom. The third-order valence-electron chi connectivity index (χ3n) is 5.25. The number of fused-ring (bicyclic) bond motifs is 1. The van der Waals surface area contributed by atoms with Gasteiger partial charge in [0.15, 0.2) is 0 Å². The van der Waals surface area contributed by atoms with Gasteiger partial charge in [-0.3, -0.25) is 9.78 Å². The van der Waals surface area contributed by atoms with Crippen LogP contribution in [0.3, 0.4) is 0 Å². The summed E-state index contributed by atoms with van der Waals surface area (Å²) in [5, 5.41) is 0. The monoisotopic (exact) mass is 355 g/mol. The minimum Gasteiger partial charge on any atom is -0.381 e. The van der Waals surface area contributed by atoms with E-state index in [2.05, 4.69) is 21.8 Å². The van der Waals surface area contributed by atoms with Crippen LogP contribution in [0.4, 0.5) is 0 Å². The van der Waals surface area contributed by atoms with Crippen molar-refractivity contribution in [1.82, 2.24) is 14.5 Å². The molecule has 2 aliphatic heterocycles. The zero-order valence-electron chi connectivity index (χ0n) is 14.9. The van der Waals surface area contributed by atoms with E-state index >= 15 is 0 Å². The van der Waals surface area contributed by atoms with Crippen LogP contribution in [0.2, 0.25) is 0 Å². The Hall–Kier alpha value is -2.18. The standard InChI is InChI=1S/C20H25N3O3/c24-20(17-5-10-25-11-6-17)22-12-18-2-1-9-23(18)19(13-22)15-26-14-16-3-7-21-8-4-16/h1-4,7-9,17,19H,5-6,10-15H2. The van der Waals surface area contributed by atoms with E-state index in [0.29, 0.717) is 39.5 Å². The van der Waals surface area contributed by atoms with Crippen LogP contribution in [0, 0.1) is 5.92 Å². The second-order valence-corrected chi connectivity index (χ2v) is 7.04. The molecule has 2 aliphatic rings. The summed E-state index contributed by atoms with van der Waals surface area (Å²) in [6.07, 6.45) is 7.31. The number of aromatic nitrogens is 2. The van der Waals surface area contributed by atoms with Crippen LogP contribution in [0.25, 0.3) is 0 Å². The van der Waals surface area contributed by atoms with E-state index in [0.717, 1.165) is 18.4 Å². The second-order valence-electron chi connectivity index (χ2n) is 7.04. The number of amides is 1. The summed E-state index contributed by atoms with van der Waals surface area (Å²) in [6.45, 7) is 3.92. The number of ether oxygens (including phenoxy) is 2. The summed E-state index contributed by atoms with van der Waals surface area (Å²) in [7, 11) is 0. The Bertz CT molecular complexity index is 725. The maximum Gasteiger partial charge on any atom is 0.226 e. The first-order chi connectivity index (χ1) is 12.8. The lowest BCUT2D eigenvalue weighted by molar-refractivity contribution is -0.141. The zero-order valence-corrected chi connectivity index (χ0v) is 14.9. The topological polar surface area (TPSA) is 56.6 Å². The average molecular weight is 355 g/mol. The zero-order chi connectivity index (χ0) is 17.8. The molecule has 2 aromatic heterocycles. The van der Waals surface area contributed by atoms with Crippen molar-refractivity contribution in [3.05, 3.63) is 54.1 Å². The first-order valence-corrected chi connectivity index (χ1v) is 9.30. The van der Waals surface area contributed by atoms with Gasteiger partial charge in [-0.15, -0.1) is 0 Å². The second kappa shape index (κ2) is 8.01. The Balaban J connectivity index is 1.40. The molecule has 4 rings (SSSR count). The van der Waals surface area contributed by atoms with E-state index < -0.39 is 0 Å². The highest BCUT2D eigenvalue weighted by Crippen LogP contribution is 2.26. The molecule has 0 N–H and O–H groups in total. The molecular weight excluding hydrogens is 330 g/mol. The normalized spacial score (nSPS) is 20.8. The lowest BCUT2D eigenvalue weighted by Gasteiger charge is -2.37. The van der Waals surface area contributed by atoms with Crippen molar-refractivity contribution in [3.8, 4) is 0 Å². The Morgan fingerprint density at radius 1 is 1.23 bits per heavy atom. The molecule has 6 heteroatoms. The van der Waals surface area contributed by atoms with Crippen molar-refractivity contribution in [3.63, 3.8) is 0 Å². The van der Waals surface area contributed by atoms with Gasteiger partial charge in [-0.05, 0) is 42.7 Å². The molecule has 6 nitrogen and oxygen atoms in total. The molecule has 0 spiro atoms. The molecule has 0 bridgehead atoms. The molecule has 1 atom stereocenters. The molecule has 0 radical (unpaired) electrons. The number of carbonyl (C=O) groups excluding carboxylic acids is 1. The largest absolute Gasteiger partial charge is 0.381 e. The van der Waals surface area contributed by atoms with Crippen LogP contribution in [-0.2, 0) is 27.4 Å². The molecule has 4 heterocycles. The molecule has 0 aromatic carbocycles. The van der Waals surface area contributed by atoms with Gasteiger partial charge in [0.25, 0.3) is 0 Å². The van der Waals surface area contributed by atoms with Gasteiger partial charge < -0.3 is 18.9 Å². The van der Waals surface area contributed by atoms with Gasteiger partial charge >= 0.3 is 0 Å². The quantitative estimate of drug-likeness (QED) is 0.826. The lowest BCUT2D eigenvalue weighted by atomic mass is 9.98. The highest BCUT2D eigenvalue weighted by molar-refractivity contribution is 5.79.